The van der Waals surface area contributed by atoms with Gasteiger partial charge in [-0.2, -0.15) is 0 Å². The molecule has 7 nitrogen and oxygen atoms in total. The third kappa shape index (κ3) is 4.98. The van der Waals surface area contributed by atoms with Gasteiger partial charge in [-0.3, -0.25) is 4.79 Å². The van der Waals surface area contributed by atoms with Crippen LogP contribution in [0.1, 0.15) is 90.5 Å². The molecule has 7 heteroatoms. The molecule has 1 amide bonds. The summed E-state index contributed by atoms with van der Waals surface area (Å²) in [5.74, 6) is 1.62. The van der Waals surface area contributed by atoms with E-state index < -0.39 is 12.0 Å². The van der Waals surface area contributed by atoms with Gasteiger partial charge in [0.1, 0.15) is 6.04 Å². The molecule has 1 aromatic heterocycles. The van der Waals surface area contributed by atoms with Crippen LogP contribution in [-0.4, -0.2) is 50.4 Å². The minimum absolute atomic E-state index is 0.145. The van der Waals surface area contributed by atoms with Crippen LogP contribution in [0.4, 0.5) is 0 Å². The first-order chi connectivity index (χ1) is 20.0. The van der Waals surface area contributed by atoms with Gasteiger partial charge < -0.3 is 25.6 Å². The molecule has 0 spiro atoms. The van der Waals surface area contributed by atoms with Crippen molar-refractivity contribution in [2.45, 2.75) is 110 Å². The second-order valence-electron chi connectivity index (χ2n) is 14.9. The highest BCUT2D eigenvalue weighted by Gasteiger charge is 2.63. The van der Waals surface area contributed by atoms with Gasteiger partial charge in [-0.1, -0.05) is 39.0 Å². The van der Waals surface area contributed by atoms with E-state index >= 15 is 0 Å². The van der Waals surface area contributed by atoms with E-state index in [1.165, 1.54) is 12.8 Å². The van der Waals surface area contributed by atoms with Crippen LogP contribution >= 0.6 is 0 Å². The van der Waals surface area contributed by atoms with Crippen molar-refractivity contribution in [3.8, 4) is 0 Å². The second-order valence-corrected chi connectivity index (χ2v) is 14.9. The van der Waals surface area contributed by atoms with Crippen LogP contribution in [0.15, 0.2) is 30.5 Å². The van der Waals surface area contributed by atoms with Crippen LogP contribution in [0.2, 0.25) is 0 Å². The lowest BCUT2D eigenvalue weighted by molar-refractivity contribution is -0.175. The van der Waals surface area contributed by atoms with Gasteiger partial charge in [0.2, 0.25) is 5.91 Å². The Bertz CT molecular complexity index is 1310. The quantitative estimate of drug-likeness (QED) is 0.276. The summed E-state index contributed by atoms with van der Waals surface area (Å²) < 4.78 is 0. The number of fused-ring (bicyclic) bond motifs is 6. The summed E-state index contributed by atoms with van der Waals surface area (Å²) in [6.45, 7) is 7.01. The number of carboxylic acid groups (broad SMARTS) is 1. The van der Waals surface area contributed by atoms with E-state index in [0.717, 1.165) is 55.0 Å². The summed E-state index contributed by atoms with van der Waals surface area (Å²) >= 11 is 0. The summed E-state index contributed by atoms with van der Waals surface area (Å²) in [5.41, 5.74) is 1.91. The van der Waals surface area contributed by atoms with Gasteiger partial charge >= 0.3 is 5.97 Å². The monoisotopic (exact) mass is 578 g/mol. The van der Waals surface area contributed by atoms with Crippen LogP contribution in [0.3, 0.4) is 0 Å². The van der Waals surface area contributed by atoms with Crippen molar-refractivity contribution in [2.24, 2.45) is 46.3 Å². The highest BCUT2D eigenvalue weighted by Crippen LogP contribution is 2.68. The minimum Gasteiger partial charge on any atom is -0.480 e. The zero-order valence-corrected chi connectivity index (χ0v) is 25.5. The standard InChI is InChI=1S/C35H50N2O5/c1-20(8-13-32(40)37-30(33(41)42)16-21-19-36-29-7-5-4-6-24(21)29)26-11-12-27-25-10-9-22-17-23(38)14-15-34(22,2)28(25)18-31(39)35(26,27)3/h4-7,19-20,22-23,25-28,30-31,36,38-39H,8-18H2,1-3H3,(H,37,40)(H,41,42)/t20-,22-,23-,25+,26-,27+,28+,30+,31+,34+,35-/m1/s1. The average molecular weight is 579 g/mol. The third-order valence-electron chi connectivity index (χ3n) is 13.1. The lowest BCUT2D eigenvalue weighted by Gasteiger charge is -2.62. The zero-order valence-electron chi connectivity index (χ0n) is 25.5. The molecule has 6 rings (SSSR count). The first-order valence-corrected chi connectivity index (χ1v) is 16.5. The molecule has 1 heterocycles. The molecule has 11 atom stereocenters. The Balaban J connectivity index is 1.08. The molecule has 2 aromatic rings. The van der Waals surface area contributed by atoms with E-state index in [9.17, 15) is 24.9 Å². The predicted molar refractivity (Wildman–Crippen MR) is 163 cm³/mol. The molecule has 5 N–H and O–H groups in total. The van der Waals surface area contributed by atoms with Crippen LogP contribution in [0.5, 0.6) is 0 Å². The highest BCUT2D eigenvalue weighted by atomic mass is 16.4. The van der Waals surface area contributed by atoms with Gasteiger partial charge in [0.25, 0.3) is 0 Å². The number of H-pyrrole nitrogens is 1. The fourth-order valence-electron chi connectivity index (χ4n) is 10.7. The molecule has 0 bridgehead atoms. The third-order valence-corrected chi connectivity index (χ3v) is 13.1. The lowest BCUT2D eigenvalue weighted by Crippen LogP contribution is -2.58. The minimum atomic E-state index is -1.02. The number of benzene rings is 1. The van der Waals surface area contributed by atoms with Crippen molar-refractivity contribution >= 4 is 22.8 Å². The van der Waals surface area contributed by atoms with Gasteiger partial charge in [0.15, 0.2) is 0 Å². The molecule has 4 aliphatic carbocycles. The number of amides is 1. The van der Waals surface area contributed by atoms with Crippen molar-refractivity contribution in [3.63, 3.8) is 0 Å². The first-order valence-electron chi connectivity index (χ1n) is 16.5. The Hall–Kier alpha value is -2.38. The maximum absolute atomic E-state index is 13.0. The van der Waals surface area contributed by atoms with E-state index in [2.05, 4.69) is 31.1 Å². The number of rotatable bonds is 8. The van der Waals surface area contributed by atoms with Crippen LogP contribution in [0, 0.1) is 46.3 Å². The van der Waals surface area contributed by atoms with Gasteiger partial charge in [-0.25, -0.2) is 4.79 Å². The molecule has 0 radical (unpaired) electrons. The predicted octanol–water partition coefficient (Wildman–Crippen LogP) is 5.69. The lowest BCUT2D eigenvalue weighted by atomic mass is 9.43. The summed E-state index contributed by atoms with van der Waals surface area (Å²) in [7, 11) is 0. The number of aliphatic hydroxyl groups excluding tert-OH is 2. The van der Waals surface area contributed by atoms with E-state index in [1.54, 1.807) is 0 Å². The van der Waals surface area contributed by atoms with Gasteiger partial charge in [-0.15, -0.1) is 0 Å². The number of carbonyl (C=O) groups is 2. The molecule has 4 aliphatic rings. The van der Waals surface area contributed by atoms with Gasteiger partial charge in [0.05, 0.1) is 12.2 Å². The molecule has 0 saturated heterocycles. The molecule has 42 heavy (non-hydrogen) atoms. The number of aliphatic carboxylic acids is 1. The fraction of sp³-hybridized carbons (Fsp3) is 0.714. The Kier molecular flexibility index (Phi) is 7.97. The number of aromatic amines is 1. The molecule has 4 saturated carbocycles. The summed E-state index contributed by atoms with van der Waals surface area (Å²) in [5, 5.41) is 35.8. The summed E-state index contributed by atoms with van der Waals surface area (Å²) in [6.07, 6.45) is 10.9. The van der Waals surface area contributed by atoms with Crippen molar-refractivity contribution in [1.29, 1.82) is 0 Å². The maximum Gasteiger partial charge on any atom is 0.326 e. The smallest absolute Gasteiger partial charge is 0.326 e. The van der Waals surface area contributed by atoms with E-state index in [0.29, 0.717) is 42.4 Å². The molecular weight excluding hydrogens is 528 g/mol. The van der Waals surface area contributed by atoms with E-state index in [-0.39, 0.29) is 41.3 Å². The molecule has 0 aliphatic heterocycles. The maximum atomic E-state index is 13.0. The largest absolute Gasteiger partial charge is 0.480 e. The molecule has 1 aromatic carbocycles. The Labute approximate surface area is 249 Å². The molecule has 230 valence electrons. The number of carbonyl (C=O) groups excluding carboxylic acids is 1. The number of nitrogens with one attached hydrogen (secondary N) is 2. The average Bonchev–Trinajstić information content (AvgIpc) is 3.54. The molecule has 4 fully saturated rings. The summed E-state index contributed by atoms with van der Waals surface area (Å²) in [6, 6.07) is 6.81. The second kappa shape index (κ2) is 11.3. The number of para-hydroxylation sites is 1. The number of aromatic nitrogens is 1. The first kappa shape index (κ1) is 29.7. The highest BCUT2D eigenvalue weighted by molar-refractivity contribution is 5.86. The molecule has 0 unspecified atom stereocenters. The van der Waals surface area contributed by atoms with Crippen LogP contribution < -0.4 is 5.32 Å². The SMILES string of the molecule is C[C@H](CCC(=O)N[C@@H](Cc1c[nH]c2ccccc12)C(=O)O)[C@H]1CC[C@H]2[C@@H]3CC[C@@H]4C[C@H](O)CC[C@]4(C)[C@H]3C[C@H](O)[C@]12C. The topological polar surface area (TPSA) is 123 Å². The van der Waals surface area contributed by atoms with Crippen molar-refractivity contribution < 1.29 is 24.9 Å². The number of aliphatic hydroxyl groups is 2. The number of hydrogen-bond donors (Lipinski definition) is 5. The normalized spacial score (nSPS) is 39.1. The summed E-state index contributed by atoms with van der Waals surface area (Å²) in [4.78, 5) is 28.3. The number of hydrogen-bond acceptors (Lipinski definition) is 4. The van der Waals surface area contributed by atoms with E-state index in [1.807, 2.05) is 30.5 Å². The Morgan fingerprint density at radius 3 is 2.62 bits per heavy atom. The zero-order chi connectivity index (χ0) is 29.8. The number of carboxylic acids is 1. The van der Waals surface area contributed by atoms with Crippen molar-refractivity contribution in [2.75, 3.05) is 0 Å². The van der Waals surface area contributed by atoms with Crippen molar-refractivity contribution in [1.82, 2.24) is 10.3 Å². The van der Waals surface area contributed by atoms with Crippen molar-refractivity contribution in [3.05, 3.63) is 36.0 Å². The Morgan fingerprint density at radius 1 is 1.05 bits per heavy atom. The fourth-order valence-corrected chi connectivity index (χ4v) is 10.7. The Morgan fingerprint density at radius 2 is 1.83 bits per heavy atom. The van der Waals surface area contributed by atoms with Gasteiger partial charge in [0, 0.05) is 29.9 Å². The van der Waals surface area contributed by atoms with Crippen LogP contribution in [0.25, 0.3) is 10.9 Å². The van der Waals surface area contributed by atoms with E-state index in [4.69, 9.17) is 0 Å². The van der Waals surface area contributed by atoms with Crippen LogP contribution in [-0.2, 0) is 16.0 Å². The molecular formula is C35H50N2O5. The van der Waals surface area contributed by atoms with Gasteiger partial charge in [-0.05, 0) is 116 Å².